The number of aromatic nitrogens is 2. The second-order valence-electron chi connectivity index (χ2n) is 5.14. The van der Waals surface area contributed by atoms with E-state index in [4.69, 9.17) is 4.98 Å². The zero-order valence-corrected chi connectivity index (χ0v) is 12.6. The lowest BCUT2D eigenvalue weighted by atomic mass is 10.1. The molecule has 1 aliphatic rings. The molecule has 0 radical (unpaired) electrons. The van der Waals surface area contributed by atoms with Gasteiger partial charge in [0, 0.05) is 37.3 Å². The minimum absolute atomic E-state index is 0.676. The maximum Gasteiger partial charge on any atom is 0.142 e. The van der Waals surface area contributed by atoms with Crippen molar-refractivity contribution in [3.63, 3.8) is 0 Å². The summed E-state index contributed by atoms with van der Waals surface area (Å²) < 4.78 is 0. The van der Waals surface area contributed by atoms with E-state index in [-0.39, 0.29) is 0 Å². The Hall–Kier alpha value is -1.30. The smallest absolute Gasteiger partial charge is 0.142 e. The van der Waals surface area contributed by atoms with Crippen molar-refractivity contribution < 1.29 is 0 Å². The average molecular weight is 288 g/mol. The van der Waals surface area contributed by atoms with Crippen molar-refractivity contribution in [3.8, 4) is 10.7 Å². The molecule has 20 heavy (non-hydrogen) atoms. The fraction of sp³-hybridized carbons (Fsp3) is 0.467. The molecule has 3 heterocycles. The predicted molar refractivity (Wildman–Crippen MR) is 82.7 cm³/mol. The number of rotatable bonds is 6. The van der Waals surface area contributed by atoms with E-state index in [1.165, 1.54) is 6.42 Å². The molecule has 0 bridgehead atoms. The highest BCUT2D eigenvalue weighted by Gasteiger charge is 2.24. The van der Waals surface area contributed by atoms with E-state index in [1.54, 1.807) is 11.3 Å². The van der Waals surface area contributed by atoms with Crippen molar-refractivity contribution in [3.05, 3.63) is 35.5 Å². The molecule has 3 rings (SSSR count). The van der Waals surface area contributed by atoms with Crippen LogP contribution in [0.5, 0.6) is 0 Å². The van der Waals surface area contributed by atoms with Crippen molar-refractivity contribution >= 4 is 11.3 Å². The van der Waals surface area contributed by atoms with E-state index in [2.05, 4.69) is 27.5 Å². The van der Waals surface area contributed by atoms with E-state index in [0.29, 0.717) is 6.04 Å². The predicted octanol–water partition coefficient (Wildman–Crippen LogP) is 2.39. The van der Waals surface area contributed by atoms with Crippen LogP contribution in [0.3, 0.4) is 0 Å². The molecule has 1 saturated heterocycles. The van der Waals surface area contributed by atoms with Crippen LogP contribution < -0.4 is 5.32 Å². The Balaban J connectivity index is 1.69. The third-order valence-corrected chi connectivity index (χ3v) is 4.50. The highest BCUT2D eigenvalue weighted by Crippen LogP contribution is 2.22. The molecule has 0 unspecified atom stereocenters. The molecule has 4 nitrogen and oxygen atoms in total. The Morgan fingerprint density at radius 2 is 2.30 bits per heavy atom. The molecule has 0 atom stereocenters. The summed E-state index contributed by atoms with van der Waals surface area (Å²) in [7, 11) is 0. The minimum atomic E-state index is 0.676. The van der Waals surface area contributed by atoms with Crippen molar-refractivity contribution in [1.29, 1.82) is 0 Å². The SMILES string of the molecule is CCCN(Cc1csc(-c2ccccn2)n1)C1CNC1. The summed E-state index contributed by atoms with van der Waals surface area (Å²) in [6.07, 6.45) is 3.01. The zero-order chi connectivity index (χ0) is 13.8. The van der Waals surface area contributed by atoms with Crippen LogP contribution in [0.4, 0.5) is 0 Å². The van der Waals surface area contributed by atoms with Crippen molar-refractivity contribution in [2.45, 2.75) is 25.9 Å². The highest BCUT2D eigenvalue weighted by atomic mass is 32.1. The number of hydrogen-bond donors (Lipinski definition) is 1. The summed E-state index contributed by atoms with van der Waals surface area (Å²) in [5.74, 6) is 0. The molecular weight excluding hydrogens is 268 g/mol. The Kier molecular flexibility index (Phi) is 4.40. The molecule has 1 aliphatic heterocycles. The van der Waals surface area contributed by atoms with E-state index in [1.807, 2.05) is 24.4 Å². The van der Waals surface area contributed by atoms with Crippen LogP contribution in [-0.4, -0.2) is 40.5 Å². The van der Waals surface area contributed by atoms with Gasteiger partial charge in [0.15, 0.2) is 0 Å². The first-order valence-corrected chi connectivity index (χ1v) is 8.05. The van der Waals surface area contributed by atoms with Crippen molar-refractivity contribution in [2.75, 3.05) is 19.6 Å². The van der Waals surface area contributed by atoms with Gasteiger partial charge in [-0.25, -0.2) is 4.98 Å². The Morgan fingerprint density at radius 1 is 1.40 bits per heavy atom. The minimum Gasteiger partial charge on any atom is -0.314 e. The third kappa shape index (κ3) is 3.06. The van der Waals surface area contributed by atoms with Gasteiger partial charge in [-0.15, -0.1) is 11.3 Å². The molecule has 5 heteroatoms. The van der Waals surface area contributed by atoms with Gasteiger partial charge in [-0.1, -0.05) is 13.0 Å². The Bertz CT molecular complexity index is 536. The number of hydrogen-bond acceptors (Lipinski definition) is 5. The summed E-state index contributed by atoms with van der Waals surface area (Å²) >= 11 is 1.68. The van der Waals surface area contributed by atoms with Crippen molar-refractivity contribution in [2.24, 2.45) is 0 Å². The molecule has 0 amide bonds. The van der Waals surface area contributed by atoms with Gasteiger partial charge in [0.2, 0.25) is 0 Å². The van der Waals surface area contributed by atoms with Gasteiger partial charge in [0.1, 0.15) is 5.01 Å². The Labute approximate surface area is 123 Å². The number of nitrogens with zero attached hydrogens (tertiary/aromatic N) is 3. The van der Waals surface area contributed by atoms with E-state index in [9.17, 15) is 0 Å². The van der Waals surface area contributed by atoms with Crippen LogP contribution in [-0.2, 0) is 6.54 Å². The van der Waals surface area contributed by atoms with Gasteiger partial charge in [-0.2, -0.15) is 0 Å². The molecular formula is C15H20N4S. The van der Waals surface area contributed by atoms with Crippen LogP contribution in [0.2, 0.25) is 0 Å². The average Bonchev–Trinajstić information content (AvgIpc) is 2.87. The summed E-state index contributed by atoms with van der Waals surface area (Å²) in [4.78, 5) is 11.6. The number of nitrogens with one attached hydrogen (secondary N) is 1. The Morgan fingerprint density at radius 3 is 2.95 bits per heavy atom. The normalized spacial score (nSPS) is 15.5. The summed E-state index contributed by atoms with van der Waals surface area (Å²) in [5, 5.41) is 6.53. The zero-order valence-electron chi connectivity index (χ0n) is 11.7. The summed E-state index contributed by atoms with van der Waals surface area (Å²) in [6.45, 7) is 6.54. The maximum absolute atomic E-state index is 4.74. The van der Waals surface area contributed by atoms with Gasteiger partial charge in [-0.05, 0) is 25.1 Å². The third-order valence-electron chi connectivity index (χ3n) is 3.59. The molecule has 0 aromatic carbocycles. The van der Waals surface area contributed by atoms with Gasteiger partial charge in [0.25, 0.3) is 0 Å². The molecule has 1 N–H and O–H groups in total. The second-order valence-corrected chi connectivity index (χ2v) is 6.00. The van der Waals surface area contributed by atoms with Gasteiger partial charge in [-0.3, -0.25) is 9.88 Å². The fourth-order valence-corrected chi connectivity index (χ4v) is 3.19. The summed E-state index contributed by atoms with van der Waals surface area (Å²) in [5.41, 5.74) is 2.13. The molecule has 2 aromatic rings. The maximum atomic E-state index is 4.74. The number of pyridine rings is 1. The quantitative estimate of drug-likeness (QED) is 0.886. The van der Waals surface area contributed by atoms with Crippen LogP contribution in [0.25, 0.3) is 10.7 Å². The number of thiazole rings is 1. The van der Waals surface area contributed by atoms with Gasteiger partial charge < -0.3 is 5.32 Å². The van der Waals surface area contributed by atoms with Crippen LogP contribution in [0.15, 0.2) is 29.8 Å². The molecule has 0 spiro atoms. The standard InChI is InChI=1S/C15H20N4S/c1-2-7-19(13-8-16-9-13)10-12-11-20-15(18-12)14-5-3-4-6-17-14/h3-6,11,13,16H,2,7-10H2,1H3. The van der Waals surface area contributed by atoms with Crippen LogP contribution in [0, 0.1) is 0 Å². The lowest BCUT2D eigenvalue weighted by molar-refractivity contribution is 0.136. The van der Waals surface area contributed by atoms with Crippen LogP contribution >= 0.6 is 11.3 Å². The first-order valence-electron chi connectivity index (χ1n) is 7.17. The lowest BCUT2D eigenvalue weighted by Gasteiger charge is -2.37. The molecule has 1 fully saturated rings. The van der Waals surface area contributed by atoms with E-state index in [0.717, 1.165) is 42.6 Å². The lowest BCUT2D eigenvalue weighted by Crippen LogP contribution is -2.57. The highest BCUT2D eigenvalue weighted by molar-refractivity contribution is 7.13. The molecule has 0 aliphatic carbocycles. The van der Waals surface area contributed by atoms with Crippen molar-refractivity contribution in [1.82, 2.24) is 20.2 Å². The van der Waals surface area contributed by atoms with E-state index >= 15 is 0 Å². The topological polar surface area (TPSA) is 41.1 Å². The molecule has 2 aromatic heterocycles. The van der Waals surface area contributed by atoms with E-state index < -0.39 is 0 Å². The first kappa shape index (κ1) is 13.7. The second kappa shape index (κ2) is 6.43. The molecule has 106 valence electrons. The summed E-state index contributed by atoms with van der Waals surface area (Å²) in [6, 6.07) is 6.63. The first-order chi connectivity index (χ1) is 9.86. The fourth-order valence-electron chi connectivity index (χ4n) is 2.40. The van der Waals surface area contributed by atoms with Crippen LogP contribution in [0.1, 0.15) is 19.0 Å². The van der Waals surface area contributed by atoms with Gasteiger partial charge in [0.05, 0.1) is 11.4 Å². The van der Waals surface area contributed by atoms with Gasteiger partial charge >= 0.3 is 0 Å². The largest absolute Gasteiger partial charge is 0.314 e. The molecule has 0 saturated carbocycles. The monoisotopic (exact) mass is 288 g/mol.